The van der Waals surface area contributed by atoms with Crippen molar-refractivity contribution in [2.75, 3.05) is 19.0 Å². The Bertz CT molecular complexity index is 504. The Morgan fingerprint density at radius 2 is 2.35 bits per heavy atom. The van der Waals surface area contributed by atoms with Gasteiger partial charge in [0.25, 0.3) is 5.91 Å². The van der Waals surface area contributed by atoms with Gasteiger partial charge in [0.05, 0.1) is 5.56 Å². The number of amides is 1. The van der Waals surface area contributed by atoms with Crippen molar-refractivity contribution in [1.82, 2.24) is 9.88 Å². The highest BCUT2D eigenvalue weighted by Gasteiger charge is 2.40. The second-order valence-electron chi connectivity index (χ2n) is 6.16. The fraction of sp³-hybridized carbons (Fsp3) is 0.600. The van der Waals surface area contributed by atoms with Crippen molar-refractivity contribution >= 4 is 11.7 Å². The molecule has 20 heavy (non-hydrogen) atoms. The van der Waals surface area contributed by atoms with Crippen LogP contribution in [0.3, 0.4) is 0 Å². The number of nitrogens with one attached hydrogen (secondary N) is 1. The third-order valence-corrected chi connectivity index (χ3v) is 4.91. The summed E-state index contributed by atoms with van der Waals surface area (Å²) in [5, 5.41) is 0. The van der Waals surface area contributed by atoms with Gasteiger partial charge in [0, 0.05) is 19.8 Å². The fourth-order valence-corrected chi connectivity index (χ4v) is 3.93. The molecule has 1 aromatic heterocycles. The van der Waals surface area contributed by atoms with Crippen LogP contribution in [0, 0.1) is 17.8 Å². The van der Waals surface area contributed by atoms with Crippen LogP contribution in [0.25, 0.3) is 0 Å². The zero-order valence-electron chi connectivity index (χ0n) is 11.9. The minimum Gasteiger partial charge on any atom is -0.341 e. The summed E-state index contributed by atoms with van der Waals surface area (Å²) in [5.41, 5.74) is 3.04. The van der Waals surface area contributed by atoms with Crippen molar-refractivity contribution in [1.29, 1.82) is 0 Å². The summed E-state index contributed by atoms with van der Waals surface area (Å²) >= 11 is 0. The molecule has 0 spiro atoms. The maximum atomic E-state index is 12.5. The van der Waals surface area contributed by atoms with Crippen molar-refractivity contribution in [2.24, 2.45) is 23.6 Å². The van der Waals surface area contributed by atoms with Crippen LogP contribution in [0.5, 0.6) is 0 Å². The van der Waals surface area contributed by atoms with Crippen LogP contribution in [-0.4, -0.2) is 29.4 Å². The van der Waals surface area contributed by atoms with Crippen molar-refractivity contribution in [3.63, 3.8) is 0 Å². The van der Waals surface area contributed by atoms with E-state index in [9.17, 15) is 4.79 Å². The minimum absolute atomic E-state index is 0.00572. The molecule has 1 heterocycles. The second kappa shape index (κ2) is 5.40. The number of anilines is 1. The molecule has 1 amide bonds. The molecule has 0 aliphatic heterocycles. The van der Waals surface area contributed by atoms with E-state index in [1.807, 2.05) is 11.9 Å². The first kappa shape index (κ1) is 13.4. The maximum Gasteiger partial charge on any atom is 0.257 e. The zero-order valence-corrected chi connectivity index (χ0v) is 11.9. The Morgan fingerprint density at radius 3 is 3.00 bits per heavy atom. The van der Waals surface area contributed by atoms with Gasteiger partial charge in [-0.05, 0) is 49.1 Å². The normalized spacial score (nSPS) is 27.6. The minimum atomic E-state index is -0.00572. The van der Waals surface area contributed by atoms with E-state index in [2.05, 4.69) is 10.4 Å². The summed E-state index contributed by atoms with van der Waals surface area (Å²) in [6.45, 7) is 0.846. The van der Waals surface area contributed by atoms with Crippen LogP contribution >= 0.6 is 0 Å². The highest BCUT2D eigenvalue weighted by atomic mass is 16.2. The molecule has 0 saturated heterocycles. The van der Waals surface area contributed by atoms with E-state index in [1.165, 1.54) is 25.7 Å². The summed E-state index contributed by atoms with van der Waals surface area (Å²) < 4.78 is 0. The van der Waals surface area contributed by atoms with Crippen molar-refractivity contribution in [3.05, 3.63) is 23.9 Å². The van der Waals surface area contributed by atoms with E-state index in [4.69, 9.17) is 5.84 Å². The summed E-state index contributed by atoms with van der Waals surface area (Å²) in [5.74, 6) is 8.27. The molecule has 5 heteroatoms. The Morgan fingerprint density at radius 1 is 1.50 bits per heavy atom. The molecule has 108 valence electrons. The molecule has 2 fully saturated rings. The molecule has 5 nitrogen and oxygen atoms in total. The average Bonchev–Trinajstić information content (AvgIpc) is 3.09. The number of pyridine rings is 1. The number of hydrogen-bond acceptors (Lipinski definition) is 4. The number of carbonyl (C=O) groups is 1. The van der Waals surface area contributed by atoms with Crippen LogP contribution in [0.1, 0.15) is 36.0 Å². The molecule has 0 aromatic carbocycles. The van der Waals surface area contributed by atoms with Gasteiger partial charge in [0.2, 0.25) is 0 Å². The van der Waals surface area contributed by atoms with Gasteiger partial charge in [0.1, 0.15) is 0 Å². The first-order valence-electron chi connectivity index (χ1n) is 7.36. The standard InChI is InChI=1S/C15H22N4O/c1-19(9-12-8-10-4-5-11(12)7-10)15(20)13-3-2-6-17-14(13)18-16/h2-3,6,10-12H,4-5,7-9,16H2,1H3,(H,17,18). The van der Waals surface area contributed by atoms with Gasteiger partial charge < -0.3 is 10.3 Å². The molecule has 1 aromatic rings. The molecular weight excluding hydrogens is 252 g/mol. The van der Waals surface area contributed by atoms with Crippen LogP contribution < -0.4 is 11.3 Å². The fourth-order valence-electron chi connectivity index (χ4n) is 3.93. The summed E-state index contributed by atoms with van der Waals surface area (Å²) in [6, 6.07) is 3.53. The van der Waals surface area contributed by atoms with Crippen LogP contribution in [0.2, 0.25) is 0 Å². The first-order valence-corrected chi connectivity index (χ1v) is 7.36. The van der Waals surface area contributed by atoms with Crippen LogP contribution in [0.4, 0.5) is 5.82 Å². The quantitative estimate of drug-likeness (QED) is 0.649. The van der Waals surface area contributed by atoms with Gasteiger partial charge in [-0.1, -0.05) is 6.42 Å². The number of nitrogens with zero attached hydrogens (tertiary/aromatic N) is 2. The second-order valence-corrected chi connectivity index (χ2v) is 6.16. The average molecular weight is 274 g/mol. The summed E-state index contributed by atoms with van der Waals surface area (Å²) in [7, 11) is 1.88. The maximum absolute atomic E-state index is 12.5. The van der Waals surface area contributed by atoms with E-state index in [0.717, 1.165) is 18.4 Å². The van der Waals surface area contributed by atoms with E-state index in [-0.39, 0.29) is 5.91 Å². The largest absolute Gasteiger partial charge is 0.341 e. The Labute approximate surface area is 119 Å². The summed E-state index contributed by atoms with van der Waals surface area (Å²) in [6.07, 6.45) is 7.02. The molecular formula is C15H22N4O. The third kappa shape index (κ3) is 2.38. The first-order chi connectivity index (χ1) is 9.69. The van der Waals surface area contributed by atoms with E-state index >= 15 is 0 Å². The number of aromatic nitrogens is 1. The highest BCUT2D eigenvalue weighted by molar-refractivity contribution is 5.98. The molecule has 0 radical (unpaired) electrons. The number of nitrogen functional groups attached to an aromatic ring is 1. The molecule has 3 N–H and O–H groups in total. The zero-order chi connectivity index (χ0) is 14.1. The van der Waals surface area contributed by atoms with Gasteiger partial charge in [-0.15, -0.1) is 0 Å². The number of nitrogens with two attached hydrogens (primary N) is 1. The number of hydrogen-bond donors (Lipinski definition) is 2. The predicted molar refractivity (Wildman–Crippen MR) is 77.9 cm³/mol. The van der Waals surface area contributed by atoms with Gasteiger partial charge in [-0.3, -0.25) is 4.79 Å². The van der Waals surface area contributed by atoms with Gasteiger partial charge in [0.15, 0.2) is 5.82 Å². The molecule has 2 aliphatic rings. The third-order valence-electron chi connectivity index (χ3n) is 4.91. The van der Waals surface area contributed by atoms with Gasteiger partial charge in [-0.2, -0.15) is 0 Å². The lowest BCUT2D eigenvalue weighted by Gasteiger charge is -2.27. The van der Waals surface area contributed by atoms with Crippen molar-refractivity contribution < 1.29 is 4.79 Å². The molecule has 2 bridgehead atoms. The number of rotatable bonds is 4. The lowest BCUT2D eigenvalue weighted by Crippen LogP contribution is -2.34. The number of carbonyl (C=O) groups excluding carboxylic acids is 1. The Kier molecular flexibility index (Phi) is 3.61. The molecule has 3 atom stereocenters. The van der Waals surface area contributed by atoms with E-state index in [1.54, 1.807) is 18.3 Å². The predicted octanol–water partition coefficient (Wildman–Crippen LogP) is 1.88. The number of hydrazine groups is 1. The number of fused-ring (bicyclic) bond motifs is 2. The topological polar surface area (TPSA) is 71.2 Å². The summed E-state index contributed by atoms with van der Waals surface area (Å²) in [4.78, 5) is 18.4. The SMILES string of the molecule is CN(CC1CC2CCC1C2)C(=O)c1cccnc1NN. The van der Waals surface area contributed by atoms with Gasteiger partial charge in [-0.25, -0.2) is 10.8 Å². The van der Waals surface area contributed by atoms with Gasteiger partial charge >= 0.3 is 0 Å². The van der Waals surface area contributed by atoms with Crippen molar-refractivity contribution in [2.45, 2.75) is 25.7 Å². The lowest BCUT2D eigenvalue weighted by atomic mass is 9.88. The lowest BCUT2D eigenvalue weighted by molar-refractivity contribution is 0.0755. The molecule has 2 aliphatic carbocycles. The van der Waals surface area contributed by atoms with Crippen LogP contribution in [0.15, 0.2) is 18.3 Å². The highest BCUT2D eigenvalue weighted by Crippen LogP contribution is 2.48. The monoisotopic (exact) mass is 274 g/mol. The van der Waals surface area contributed by atoms with E-state index in [0.29, 0.717) is 17.3 Å². The Balaban J connectivity index is 1.67. The molecule has 3 unspecified atom stereocenters. The van der Waals surface area contributed by atoms with Crippen LogP contribution in [-0.2, 0) is 0 Å². The van der Waals surface area contributed by atoms with Crippen molar-refractivity contribution in [3.8, 4) is 0 Å². The smallest absolute Gasteiger partial charge is 0.257 e. The molecule has 3 rings (SSSR count). The van der Waals surface area contributed by atoms with E-state index < -0.39 is 0 Å². The Hall–Kier alpha value is -1.62. The molecule has 2 saturated carbocycles.